The number of carbonyl (C=O) groups is 1. The molecule has 0 radical (unpaired) electrons. The number of esters is 1. The van der Waals surface area contributed by atoms with E-state index in [1.54, 1.807) is 25.1 Å². The highest BCUT2D eigenvalue weighted by molar-refractivity contribution is 7.99. The number of benzene rings is 2. The Morgan fingerprint density at radius 2 is 2.03 bits per heavy atom. The largest absolute Gasteiger partial charge is 0.463 e. The molecular formula is C26H21N3O5S. The van der Waals surface area contributed by atoms with Gasteiger partial charge in [0.15, 0.2) is 11.5 Å². The predicted octanol–water partition coefficient (Wildman–Crippen LogP) is 4.38. The van der Waals surface area contributed by atoms with Gasteiger partial charge in [-0.2, -0.15) is 5.26 Å². The van der Waals surface area contributed by atoms with Gasteiger partial charge < -0.3 is 24.7 Å². The Bertz CT molecular complexity index is 1430. The molecular weight excluding hydrogens is 466 g/mol. The number of hydrogen-bond donors (Lipinski definition) is 1. The van der Waals surface area contributed by atoms with Gasteiger partial charge in [0.05, 0.1) is 34.4 Å². The van der Waals surface area contributed by atoms with Crippen LogP contribution in [0.5, 0.6) is 11.5 Å². The second kappa shape index (κ2) is 9.60. The molecule has 3 heterocycles. The Balaban J connectivity index is 1.54. The zero-order chi connectivity index (χ0) is 24.4. The molecule has 35 heavy (non-hydrogen) atoms. The number of nitrogens with zero attached hydrogens (tertiary/aromatic N) is 2. The van der Waals surface area contributed by atoms with Gasteiger partial charge in [-0.25, -0.2) is 9.78 Å². The van der Waals surface area contributed by atoms with E-state index < -0.39 is 11.9 Å². The van der Waals surface area contributed by atoms with Crippen LogP contribution in [0.3, 0.4) is 0 Å². The van der Waals surface area contributed by atoms with Crippen molar-refractivity contribution in [3.63, 3.8) is 0 Å². The summed E-state index contributed by atoms with van der Waals surface area (Å²) in [6.07, 6.45) is 0. The highest BCUT2D eigenvalue weighted by Crippen LogP contribution is 2.44. The Hall–Kier alpha value is -4.16. The molecule has 1 atom stereocenters. The van der Waals surface area contributed by atoms with E-state index in [0.717, 1.165) is 15.9 Å². The van der Waals surface area contributed by atoms with Crippen molar-refractivity contribution in [2.24, 2.45) is 5.73 Å². The summed E-state index contributed by atoms with van der Waals surface area (Å²) in [6.45, 7) is 2.00. The smallest absolute Gasteiger partial charge is 0.338 e. The minimum atomic E-state index is -0.775. The molecule has 1 aromatic heterocycles. The van der Waals surface area contributed by atoms with Gasteiger partial charge >= 0.3 is 5.97 Å². The number of ether oxygens (including phenoxy) is 4. The van der Waals surface area contributed by atoms with Crippen LogP contribution < -0.4 is 15.2 Å². The number of para-hydroxylation sites is 1. The quantitative estimate of drug-likeness (QED) is 0.399. The molecule has 0 saturated heterocycles. The number of thioether (sulfide) groups is 1. The first-order valence-corrected chi connectivity index (χ1v) is 11.9. The number of aromatic nitrogens is 1. The van der Waals surface area contributed by atoms with E-state index in [9.17, 15) is 10.1 Å². The molecule has 2 aliphatic rings. The lowest BCUT2D eigenvalue weighted by Gasteiger charge is -2.28. The van der Waals surface area contributed by atoms with Crippen molar-refractivity contribution in [1.82, 2.24) is 4.98 Å². The number of pyridine rings is 1. The highest BCUT2D eigenvalue weighted by Gasteiger charge is 2.38. The second-order valence-corrected chi connectivity index (χ2v) is 8.72. The van der Waals surface area contributed by atoms with Crippen molar-refractivity contribution in [1.29, 1.82) is 5.26 Å². The summed E-state index contributed by atoms with van der Waals surface area (Å²) in [5.41, 5.74) is 8.04. The number of fused-ring (bicyclic) bond motifs is 2. The van der Waals surface area contributed by atoms with Gasteiger partial charge in [-0.15, -0.1) is 0 Å². The van der Waals surface area contributed by atoms with E-state index >= 15 is 0 Å². The van der Waals surface area contributed by atoms with Gasteiger partial charge in [-0.05, 0) is 36.8 Å². The van der Waals surface area contributed by atoms with Crippen LogP contribution in [-0.4, -0.2) is 30.1 Å². The number of hydrogen-bond acceptors (Lipinski definition) is 9. The summed E-state index contributed by atoms with van der Waals surface area (Å²) >= 11 is 1.40. The molecule has 0 aliphatic carbocycles. The van der Waals surface area contributed by atoms with Crippen molar-refractivity contribution in [3.05, 3.63) is 82.9 Å². The standard InChI is InChI=1S/C26H21N3O5S/c1-2-31-26(30)24-21(13-35-22-10-8-15-5-3-4-6-18(15)29-22)34-25(28)17(12-27)23(24)16-7-9-19-20(11-16)33-14-32-19/h3-11,23H,2,13-14,28H2,1H3/t23-/m1/s1. The Kier molecular flexibility index (Phi) is 6.21. The van der Waals surface area contributed by atoms with Crippen LogP contribution in [0.1, 0.15) is 18.4 Å². The lowest BCUT2D eigenvalue weighted by atomic mass is 9.83. The van der Waals surface area contributed by atoms with Crippen LogP contribution >= 0.6 is 11.8 Å². The summed E-state index contributed by atoms with van der Waals surface area (Å²) < 4.78 is 22.1. The second-order valence-electron chi connectivity index (χ2n) is 7.73. The van der Waals surface area contributed by atoms with Gasteiger partial charge in [0.1, 0.15) is 17.4 Å². The molecule has 2 aromatic carbocycles. The number of carbonyl (C=O) groups excluding carboxylic acids is 1. The van der Waals surface area contributed by atoms with E-state index in [2.05, 4.69) is 11.1 Å². The van der Waals surface area contributed by atoms with Gasteiger partial charge in [-0.1, -0.05) is 42.1 Å². The first kappa shape index (κ1) is 22.6. The molecule has 0 fully saturated rings. The molecule has 3 aromatic rings. The van der Waals surface area contributed by atoms with Crippen LogP contribution in [0.4, 0.5) is 0 Å². The van der Waals surface area contributed by atoms with E-state index in [0.29, 0.717) is 22.8 Å². The summed E-state index contributed by atoms with van der Waals surface area (Å²) in [6, 6.07) is 19.1. The SMILES string of the molecule is CCOC(=O)C1=C(CSc2ccc3ccccc3n2)OC(N)=C(C#N)[C@H]1c1ccc2c(c1)OCO2. The Morgan fingerprint density at radius 3 is 2.86 bits per heavy atom. The number of allylic oxidation sites excluding steroid dienone is 1. The number of nitrogens with two attached hydrogens (primary N) is 1. The minimum absolute atomic E-state index is 0.0507. The fourth-order valence-electron chi connectivity index (χ4n) is 4.05. The molecule has 176 valence electrons. The molecule has 9 heteroatoms. The van der Waals surface area contributed by atoms with Gasteiger partial charge in [0, 0.05) is 5.39 Å². The molecule has 2 N–H and O–H groups in total. The highest BCUT2D eigenvalue weighted by atomic mass is 32.2. The Labute approximate surface area is 205 Å². The molecule has 0 saturated carbocycles. The third-order valence-corrected chi connectivity index (χ3v) is 6.58. The van der Waals surface area contributed by atoms with Crippen LogP contribution in [0.2, 0.25) is 0 Å². The minimum Gasteiger partial charge on any atom is -0.463 e. The lowest BCUT2D eigenvalue weighted by Crippen LogP contribution is -2.27. The average molecular weight is 488 g/mol. The van der Waals surface area contributed by atoms with Crippen molar-refractivity contribution in [2.45, 2.75) is 17.9 Å². The van der Waals surface area contributed by atoms with Crippen molar-refractivity contribution >= 4 is 28.6 Å². The number of rotatable bonds is 6. The zero-order valence-electron chi connectivity index (χ0n) is 18.8. The molecule has 8 nitrogen and oxygen atoms in total. The molecule has 0 amide bonds. The lowest BCUT2D eigenvalue weighted by molar-refractivity contribution is -0.139. The van der Waals surface area contributed by atoms with E-state index in [1.165, 1.54) is 11.8 Å². The fourth-order valence-corrected chi connectivity index (χ4v) is 4.87. The first-order valence-electron chi connectivity index (χ1n) is 10.9. The third-order valence-electron chi connectivity index (χ3n) is 5.65. The van der Waals surface area contributed by atoms with Gasteiger partial charge in [-0.3, -0.25) is 0 Å². The first-order chi connectivity index (χ1) is 17.1. The Morgan fingerprint density at radius 1 is 1.20 bits per heavy atom. The van der Waals surface area contributed by atoms with Crippen molar-refractivity contribution in [2.75, 3.05) is 19.2 Å². The fraction of sp³-hybridized carbons (Fsp3) is 0.192. The van der Waals surface area contributed by atoms with Crippen LogP contribution in [0.15, 0.2) is 82.4 Å². The van der Waals surface area contributed by atoms with Crippen molar-refractivity contribution in [3.8, 4) is 17.6 Å². The van der Waals surface area contributed by atoms with E-state index in [-0.39, 0.29) is 36.2 Å². The van der Waals surface area contributed by atoms with Crippen molar-refractivity contribution < 1.29 is 23.7 Å². The maximum absolute atomic E-state index is 13.2. The monoisotopic (exact) mass is 487 g/mol. The molecule has 0 spiro atoms. The topological polar surface area (TPSA) is 117 Å². The molecule has 2 aliphatic heterocycles. The molecule has 0 bridgehead atoms. The summed E-state index contributed by atoms with van der Waals surface area (Å²) in [5, 5.41) is 11.7. The maximum Gasteiger partial charge on any atom is 0.338 e. The van der Waals surface area contributed by atoms with Crippen LogP contribution in [0, 0.1) is 11.3 Å². The molecule has 0 unspecified atom stereocenters. The van der Waals surface area contributed by atoms with Crippen LogP contribution in [0.25, 0.3) is 10.9 Å². The summed E-state index contributed by atoms with van der Waals surface area (Å²) in [7, 11) is 0. The van der Waals surface area contributed by atoms with Crippen LogP contribution in [-0.2, 0) is 14.3 Å². The summed E-state index contributed by atoms with van der Waals surface area (Å²) in [4.78, 5) is 17.8. The average Bonchev–Trinajstić information content (AvgIpc) is 3.35. The third kappa shape index (κ3) is 4.36. The van der Waals surface area contributed by atoms with Gasteiger partial charge in [0.2, 0.25) is 12.7 Å². The maximum atomic E-state index is 13.2. The summed E-state index contributed by atoms with van der Waals surface area (Å²) in [5.74, 6) is 0.313. The van der Waals surface area contributed by atoms with E-state index in [1.807, 2.05) is 36.4 Å². The normalized spacial score (nSPS) is 16.7. The number of nitriles is 1. The predicted molar refractivity (Wildman–Crippen MR) is 129 cm³/mol. The van der Waals surface area contributed by atoms with E-state index in [4.69, 9.17) is 24.7 Å². The molecule has 5 rings (SSSR count). The zero-order valence-corrected chi connectivity index (χ0v) is 19.6. The van der Waals surface area contributed by atoms with Gasteiger partial charge in [0.25, 0.3) is 0 Å².